The number of nitrogens with zero attached hydrogens (tertiary/aromatic N) is 3. The summed E-state index contributed by atoms with van der Waals surface area (Å²) in [6.07, 6.45) is 1.78. The largest absolute Gasteiger partial charge is 0.495 e. The zero-order valence-corrected chi connectivity index (χ0v) is 24.2. The summed E-state index contributed by atoms with van der Waals surface area (Å²) in [4.78, 5) is 19.1. The highest BCUT2D eigenvalue weighted by Crippen LogP contribution is 2.45. The Hall–Kier alpha value is -3.92. The molecule has 1 amide bonds. The van der Waals surface area contributed by atoms with E-state index in [0.29, 0.717) is 21.6 Å². The van der Waals surface area contributed by atoms with Gasteiger partial charge in [-0.1, -0.05) is 29.8 Å². The van der Waals surface area contributed by atoms with Crippen LogP contribution in [-0.2, 0) is 9.53 Å². The Morgan fingerprint density at radius 1 is 1.10 bits per heavy atom. The Morgan fingerprint density at radius 2 is 1.88 bits per heavy atom. The van der Waals surface area contributed by atoms with E-state index in [-0.39, 0.29) is 24.6 Å². The lowest BCUT2D eigenvalue weighted by molar-refractivity contribution is -0.119. The minimum absolute atomic E-state index is 0.0739. The molecule has 3 heterocycles. The highest BCUT2D eigenvalue weighted by Gasteiger charge is 2.42. The number of aromatic nitrogens is 2. The Kier molecular flexibility index (Phi) is 8.07. The van der Waals surface area contributed by atoms with E-state index in [2.05, 4.69) is 45.0 Å². The van der Waals surface area contributed by atoms with E-state index in [1.165, 1.54) is 7.11 Å². The molecule has 1 aliphatic heterocycles. The van der Waals surface area contributed by atoms with Crippen molar-refractivity contribution in [2.45, 2.75) is 25.9 Å². The molecule has 5 rings (SSSR count). The molecule has 2 aromatic carbocycles. The third-order valence-electron chi connectivity index (χ3n) is 6.99. The number of aryl methyl sites for hydroxylation is 1. The van der Waals surface area contributed by atoms with Crippen LogP contribution in [0, 0.1) is 13.8 Å². The van der Waals surface area contributed by atoms with Crippen molar-refractivity contribution in [1.82, 2.24) is 14.9 Å². The number of carbonyl (C=O) groups is 1. The van der Waals surface area contributed by atoms with Crippen LogP contribution in [0.5, 0.6) is 5.75 Å². The van der Waals surface area contributed by atoms with Gasteiger partial charge in [-0.05, 0) is 80.2 Å². The van der Waals surface area contributed by atoms with Gasteiger partial charge in [-0.3, -0.25) is 9.78 Å². The molecule has 1 aliphatic rings. The number of pyridine rings is 1. The molecular formula is C30H30ClN5O3S. The Balaban J connectivity index is 1.66. The van der Waals surface area contributed by atoms with Crippen molar-refractivity contribution in [2.75, 3.05) is 31.0 Å². The first-order chi connectivity index (χ1) is 19.3. The van der Waals surface area contributed by atoms with Crippen LogP contribution < -0.4 is 20.3 Å². The first-order valence-corrected chi connectivity index (χ1v) is 13.5. The van der Waals surface area contributed by atoms with Crippen LogP contribution >= 0.6 is 23.8 Å². The molecule has 8 nitrogen and oxygen atoms in total. The zero-order valence-electron chi connectivity index (χ0n) is 22.6. The number of hydrogen-bond donors (Lipinski definition) is 2. The highest BCUT2D eigenvalue weighted by molar-refractivity contribution is 7.80. The van der Waals surface area contributed by atoms with Gasteiger partial charge < -0.3 is 29.6 Å². The minimum atomic E-state index is -0.286. The fourth-order valence-corrected chi connectivity index (χ4v) is 5.87. The van der Waals surface area contributed by atoms with Gasteiger partial charge in [0.05, 0.1) is 41.3 Å². The number of amides is 1. The van der Waals surface area contributed by atoms with Gasteiger partial charge in [0.25, 0.3) is 0 Å². The molecule has 0 saturated carbocycles. The number of carbonyl (C=O) groups excluding carboxylic acids is 1. The summed E-state index contributed by atoms with van der Waals surface area (Å²) >= 11 is 12.6. The first-order valence-electron chi connectivity index (χ1n) is 12.7. The van der Waals surface area contributed by atoms with Crippen LogP contribution in [-0.4, -0.2) is 41.4 Å². The number of thiocarbonyl (C=S) groups is 1. The maximum absolute atomic E-state index is 12.4. The Morgan fingerprint density at radius 3 is 2.58 bits per heavy atom. The molecule has 206 valence electrons. The van der Waals surface area contributed by atoms with E-state index >= 15 is 0 Å². The van der Waals surface area contributed by atoms with E-state index in [0.717, 1.165) is 34.0 Å². The molecule has 0 radical (unpaired) electrons. The average Bonchev–Trinajstić information content (AvgIpc) is 3.44. The lowest BCUT2D eigenvalue weighted by atomic mass is 9.96. The molecule has 2 aromatic heterocycles. The van der Waals surface area contributed by atoms with Crippen molar-refractivity contribution in [3.8, 4) is 11.4 Å². The second kappa shape index (κ2) is 11.7. The van der Waals surface area contributed by atoms with Crippen LogP contribution in [0.4, 0.5) is 11.4 Å². The quantitative estimate of drug-likeness (QED) is 0.253. The van der Waals surface area contributed by atoms with Crippen molar-refractivity contribution in [3.05, 3.63) is 101 Å². The average molecular weight is 576 g/mol. The van der Waals surface area contributed by atoms with Crippen molar-refractivity contribution in [3.63, 3.8) is 0 Å². The van der Waals surface area contributed by atoms with Crippen LogP contribution in [0.1, 0.15) is 34.7 Å². The van der Waals surface area contributed by atoms with Gasteiger partial charge in [0.1, 0.15) is 12.4 Å². The van der Waals surface area contributed by atoms with Crippen molar-refractivity contribution in [2.24, 2.45) is 0 Å². The third-order valence-corrected chi connectivity index (χ3v) is 7.63. The number of rotatable bonds is 8. The molecule has 4 aromatic rings. The number of ether oxygens (including phenoxy) is 2. The SMILES string of the molecule is COCC(=O)Nc1cc(N2C(=S)N[C@H](c3ccccn3)[C@H]2c2cc(C)n(-c3ccccc3Cl)c2C)ccc1OC. The number of anilines is 2. The normalized spacial score (nSPS) is 16.6. The van der Waals surface area contributed by atoms with E-state index < -0.39 is 0 Å². The number of halogens is 1. The number of methoxy groups -OCH3 is 2. The number of hydrogen-bond acceptors (Lipinski definition) is 5. The second-order valence-corrected chi connectivity index (χ2v) is 10.3. The van der Waals surface area contributed by atoms with E-state index in [9.17, 15) is 4.79 Å². The topological polar surface area (TPSA) is 80.7 Å². The molecule has 1 fully saturated rings. The molecule has 0 bridgehead atoms. The van der Waals surface area contributed by atoms with Crippen molar-refractivity contribution >= 4 is 46.2 Å². The van der Waals surface area contributed by atoms with E-state index in [1.54, 1.807) is 13.3 Å². The molecule has 0 aliphatic carbocycles. The highest BCUT2D eigenvalue weighted by atomic mass is 35.5. The monoisotopic (exact) mass is 575 g/mol. The maximum Gasteiger partial charge on any atom is 0.250 e. The summed E-state index contributed by atoms with van der Waals surface area (Å²) < 4.78 is 12.7. The summed E-state index contributed by atoms with van der Waals surface area (Å²) in [5.41, 5.74) is 6.23. The minimum Gasteiger partial charge on any atom is -0.495 e. The smallest absolute Gasteiger partial charge is 0.250 e. The fraction of sp³-hybridized carbons (Fsp3) is 0.233. The van der Waals surface area contributed by atoms with Gasteiger partial charge >= 0.3 is 0 Å². The second-order valence-electron chi connectivity index (χ2n) is 9.48. The third kappa shape index (κ3) is 5.15. The molecule has 1 saturated heterocycles. The standard InChI is InChI=1S/C30H30ClN5O3S/c1-18-15-21(19(2)35(18)25-11-6-5-9-22(25)31)29-28(23-10-7-8-14-32-23)34-30(40)36(29)20-12-13-26(39-4)24(16-20)33-27(37)17-38-3/h5-16,28-29H,17H2,1-4H3,(H,33,37)(H,34,40)/t28-,29-/m1/s1. The fourth-order valence-electron chi connectivity index (χ4n) is 5.30. The zero-order chi connectivity index (χ0) is 28.4. The van der Waals surface area contributed by atoms with E-state index in [1.807, 2.05) is 60.7 Å². The predicted molar refractivity (Wildman–Crippen MR) is 162 cm³/mol. The van der Waals surface area contributed by atoms with Crippen LogP contribution in [0.2, 0.25) is 5.02 Å². The molecule has 0 spiro atoms. The van der Waals surface area contributed by atoms with Gasteiger partial charge in [-0.25, -0.2) is 0 Å². The van der Waals surface area contributed by atoms with Crippen LogP contribution in [0.15, 0.2) is 72.9 Å². The summed E-state index contributed by atoms with van der Waals surface area (Å²) in [7, 11) is 3.04. The molecule has 40 heavy (non-hydrogen) atoms. The van der Waals surface area contributed by atoms with Gasteiger partial charge in [-0.15, -0.1) is 0 Å². The van der Waals surface area contributed by atoms with Crippen molar-refractivity contribution in [1.29, 1.82) is 0 Å². The Bertz CT molecular complexity index is 1560. The van der Waals surface area contributed by atoms with Gasteiger partial charge in [0.15, 0.2) is 5.11 Å². The summed E-state index contributed by atoms with van der Waals surface area (Å²) in [5.74, 6) is 0.243. The summed E-state index contributed by atoms with van der Waals surface area (Å²) in [6.45, 7) is 4.08. The van der Waals surface area contributed by atoms with E-state index in [4.69, 9.17) is 33.3 Å². The predicted octanol–water partition coefficient (Wildman–Crippen LogP) is 5.91. The molecular weight excluding hydrogens is 546 g/mol. The number of nitrogens with one attached hydrogen (secondary N) is 2. The lowest BCUT2D eigenvalue weighted by Crippen LogP contribution is -2.29. The maximum atomic E-state index is 12.4. The molecule has 2 N–H and O–H groups in total. The van der Waals surface area contributed by atoms with Gasteiger partial charge in [-0.2, -0.15) is 0 Å². The van der Waals surface area contributed by atoms with Gasteiger partial charge in [0.2, 0.25) is 5.91 Å². The van der Waals surface area contributed by atoms with Crippen LogP contribution in [0.25, 0.3) is 5.69 Å². The molecule has 2 atom stereocenters. The van der Waals surface area contributed by atoms with Crippen LogP contribution in [0.3, 0.4) is 0 Å². The first kappa shape index (κ1) is 27.6. The van der Waals surface area contributed by atoms with Crippen molar-refractivity contribution < 1.29 is 14.3 Å². The summed E-state index contributed by atoms with van der Waals surface area (Å²) in [6, 6.07) is 21.0. The number of benzene rings is 2. The molecule has 0 unspecified atom stereocenters. The lowest BCUT2D eigenvalue weighted by Gasteiger charge is -2.29. The molecule has 10 heteroatoms. The summed E-state index contributed by atoms with van der Waals surface area (Å²) in [5, 5.41) is 7.60. The Labute approximate surface area is 243 Å². The number of para-hydroxylation sites is 1. The van der Waals surface area contributed by atoms with Gasteiger partial charge in [0, 0.05) is 30.4 Å².